The van der Waals surface area contributed by atoms with Crippen LogP contribution in [0.1, 0.15) is 35.6 Å². The van der Waals surface area contributed by atoms with Gasteiger partial charge in [-0.1, -0.05) is 6.07 Å². The number of aromatic amines is 1. The Hall–Kier alpha value is -1.92. The van der Waals surface area contributed by atoms with E-state index in [2.05, 4.69) is 39.2 Å². The third kappa shape index (κ3) is 3.38. The molecule has 1 fully saturated rings. The smallest absolute Gasteiger partial charge is 0.170 e. The Morgan fingerprint density at radius 3 is 2.83 bits per heavy atom. The first-order valence-corrected chi connectivity index (χ1v) is 8.24. The van der Waals surface area contributed by atoms with Crippen molar-refractivity contribution in [3.05, 3.63) is 53.6 Å². The number of hydrogen-bond donors (Lipinski definition) is 2. The maximum Gasteiger partial charge on any atom is 0.170 e. The summed E-state index contributed by atoms with van der Waals surface area (Å²) in [7, 11) is 1.73. The summed E-state index contributed by atoms with van der Waals surface area (Å²) in [5, 5.41) is 4.21. The summed E-state index contributed by atoms with van der Waals surface area (Å²) >= 11 is 5.58. The second kappa shape index (κ2) is 7.10. The van der Waals surface area contributed by atoms with Crippen molar-refractivity contribution in [1.82, 2.24) is 20.2 Å². The lowest BCUT2D eigenvalue weighted by Gasteiger charge is -2.27. The van der Waals surface area contributed by atoms with Crippen LogP contribution < -0.4 is 5.32 Å². The highest BCUT2D eigenvalue weighted by molar-refractivity contribution is 7.80. The highest BCUT2D eigenvalue weighted by atomic mass is 32.1. The van der Waals surface area contributed by atoms with E-state index >= 15 is 0 Å². The third-order valence-corrected chi connectivity index (χ3v) is 4.47. The number of nitrogens with one attached hydrogen (secondary N) is 2. The second-order valence-corrected chi connectivity index (χ2v) is 6.15. The molecule has 122 valence electrons. The van der Waals surface area contributed by atoms with Crippen LogP contribution >= 0.6 is 12.2 Å². The largest absolute Gasteiger partial charge is 0.385 e. The number of aryl methyl sites for hydroxylation is 1. The molecule has 5 nitrogen and oxygen atoms in total. The lowest BCUT2D eigenvalue weighted by molar-refractivity contribution is 0.180. The fourth-order valence-corrected chi connectivity index (χ4v) is 3.39. The van der Waals surface area contributed by atoms with Crippen LogP contribution in [0, 0.1) is 6.92 Å². The number of thiocarbonyl (C=S) groups is 1. The lowest BCUT2D eigenvalue weighted by Crippen LogP contribution is -2.31. The van der Waals surface area contributed by atoms with E-state index in [1.54, 1.807) is 7.11 Å². The summed E-state index contributed by atoms with van der Waals surface area (Å²) in [4.78, 5) is 10.2. The molecule has 2 aromatic heterocycles. The van der Waals surface area contributed by atoms with E-state index < -0.39 is 0 Å². The quantitative estimate of drug-likeness (QED) is 0.630. The van der Waals surface area contributed by atoms with Crippen LogP contribution in [0.3, 0.4) is 0 Å². The first-order chi connectivity index (χ1) is 11.2. The lowest BCUT2D eigenvalue weighted by atomic mass is 10.0. The van der Waals surface area contributed by atoms with E-state index in [4.69, 9.17) is 17.0 Å². The topological polar surface area (TPSA) is 53.2 Å². The maximum atomic E-state index is 5.58. The van der Waals surface area contributed by atoms with Gasteiger partial charge in [0.25, 0.3) is 0 Å². The Morgan fingerprint density at radius 1 is 1.30 bits per heavy atom. The van der Waals surface area contributed by atoms with Crippen molar-refractivity contribution in [2.45, 2.75) is 25.4 Å². The van der Waals surface area contributed by atoms with E-state index in [1.807, 2.05) is 24.4 Å². The SMILES string of the molecule is COCCCN1C(=S)N[C@@H](c2ccccn2)[C@@H]1c1ccc(C)[nH]1. The zero-order chi connectivity index (χ0) is 16.2. The van der Waals surface area contributed by atoms with Gasteiger partial charge in [0, 0.05) is 37.8 Å². The summed E-state index contributed by atoms with van der Waals surface area (Å²) in [6.07, 6.45) is 2.76. The molecule has 0 amide bonds. The number of hydrogen-bond acceptors (Lipinski definition) is 3. The van der Waals surface area contributed by atoms with Crippen LogP contribution in [0.15, 0.2) is 36.5 Å². The van der Waals surface area contributed by atoms with Gasteiger partial charge in [-0.25, -0.2) is 0 Å². The molecule has 1 saturated heterocycles. The molecule has 2 aromatic rings. The van der Waals surface area contributed by atoms with E-state index in [-0.39, 0.29) is 12.1 Å². The van der Waals surface area contributed by atoms with Crippen molar-refractivity contribution in [1.29, 1.82) is 0 Å². The number of methoxy groups -OCH3 is 1. The Bertz CT molecular complexity index is 658. The molecule has 23 heavy (non-hydrogen) atoms. The fraction of sp³-hybridized carbons (Fsp3) is 0.412. The summed E-state index contributed by atoms with van der Waals surface area (Å²) in [5.74, 6) is 0. The van der Waals surface area contributed by atoms with Crippen LogP contribution in [0.25, 0.3) is 0 Å². The summed E-state index contributed by atoms with van der Waals surface area (Å²) in [6, 6.07) is 10.4. The van der Waals surface area contributed by atoms with Crippen molar-refractivity contribution >= 4 is 17.3 Å². The number of rotatable bonds is 6. The van der Waals surface area contributed by atoms with Gasteiger partial charge in [-0.15, -0.1) is 0 Å². The normalized spacial score (nSPS) is 20.8. The summed E-state index contributed by atoms with van der Waals surface area (Å²) in [5.41, 5.74) is 3.30. The maximum absolute atomic E-state index is 5.58. The Kier molecular flexibility index (Phi) is 4.93. The molecule has 0 saturated carbocycles. The first kappa shape index (κ1) is 16.0. The number of pyridine rings is 1. The fourth-order valence-electron chi connectivity index (χ4n) is 3.06. The van der Waals surface area contributed by atoms with Gasteiger partial charge in [-0.05, 0) is 49.8 Å². The molecule has 1 aliphatic heterocycles. The van der Waals surface area contributed by atoms with E-state index in [9.17, 15) is 0 Å². The molecule has 0 aliphatic carbocycles. The molecular weight excluding hydrogens is 308 g/mol. The molecule has 3 heterocycles. The standard InChI is InChI=1S/C17H22N4OS/c1-12-7-8-14(19-12)16-15(13-6-3-4-9-18-13)20-17(23)21(16)10-5-11-22-2/h3-4,6-9,15-16,19H,5,10-11H2,1-2H3,(H,20,23)/t15-,16-/m0/s1. The number of aromatic nitrogens is 2. The van der Waals surface area contributed by atoms with Gasteiger partial charge in [0.05, 0.1) is 17.8 Å². The molecule has 2 atom stereocenters. The monoisotopic (exact) mass is 330 g/mol. The molecule has 6 heteroatoms. The van der Waals surface area contributed by atoms with Crippen LogP contribution in [0.5, 0.6) is 0 Å². The predicted octanol–water partition coefficient (Wildman–Crippen LogP) is 2.73. The highest BCUT2D eigenvalue weighted by Crippen LogP contribution is 2.37. The van der Waals surface area contributed by atoms with Gasteiger partial charge in [-0.3, -0.25) is 4.98 Å². The van der Waals surface area contributed by atoms with Gasteiger partial charge in [0.1, 0.15) is 0 Å². The third-order valence-electron chi connectivity index (χ3n) is 4.12. The van der Waals surface area contributed by atoms with Crippen molar-refractivity contribution in [2.24, 2.45) is 0 Å². The molecule has 0 unspecified atom stereocenters. The minimum absolute atomic E-state index is 0.0456. The molecule has 0 radical (unpaired) electrons. The first-order valence-electron chi connectivity index (χ1n) is 7.83. The molecule has 0 spiro atoms. The average Bonchev–Trinajstić information content (AvgIpc) is 3.12. The van der Waals surface area contributed by atoms with Crippen molar-refractivity contribution < 1.29 is 4.74 Å². The van der Waals surface area contributed by atoms with Crippen LogP contribution in [0.4, 0.5) is 0 Å². The predicted molar refractivity (Wildman–Crippen MR) is 94.2 cm³/mol. The van der Waals surface area contributed by atoms with E-state index in [1.165, 1.54) is 0 Å². The molecule has 2 N–H and O–H groups in total. The minimum atomic E-state index is 0.0456. The Labute approximate surface area is 142 Å². The number of H-pyrrole nitrogens is 1. The zero-order valence-corrected chi connectivity index (χ0v) is 14.3. The number of nitrogens with zero attached hydrogens (tertiary/aromatic N) is 2. The Morgan fingerprint density at radius 2 is 2.17 bits per heavy atom. The van der Waals surface area contributed by atoms with E-state index in [0.29, 0.717) is 0 Å². The van der Waals surface area contributed by atoms with Gasteiger partial charge < -0.3 is 19.9 Å². The molecule has 0 bridgehead atoms. The van der Waals surface area contributed by atoms with E-state index in [0.717, 1.165) is 41.8 Å². The van der Waals surface area contributed by atoms with Gasteiger partial charge >= 0.3 is 0 Å². The molecular formula is C17H22N4OS. The summed E-state index contributed by atoms with van der Waals surface area (Å²) in [6.45, 7) is 3.64. The average molecular weight is 330 g/mol. The van der Waals surface area contributed by atoms with Crippen LogP contribution in [0.2, 0.25) is 0 Å². The molecule has 3 rings (SSSR count). The van der Waals surface area contributed by atoms with Gasteiger partial charge in [0.2, 0.25) is 0 Å². The molecule has 0 aromatic carbocycles. The van der Waals surface area contributed by atoms with Crippen LogP contribution in [-0.4, -0.2) is 40.2 Å². The number of ether oxygens (including phenoxy) is 1. The summed E-state index contributed by atoms with van der Waals surface area (Å²) < 4.78 is 5.18. The van der Waals surface area contributed by atoms with Gasteiger partial charge in [-0.2, -0.15) is 0 Å². The van der Waals surface area contributed by atoms with Gasteiger partial charge in [0.15, 0.2) is 5.11 Å². The Balaban J connectivity index is 1.91. The second-order valence-electron chi connectivity index (χ2n) is 5.76. The van der Waals surface area contributed by atoms with Crippen molar-refractivity contribution in [3.63, 3.8) is 0 Å². The van der Waals surface area contributed by atoms with Crippen molar-refractivity contribution in [2.75, 3.05) is 20.3 Å². The minimum Gasteiger partial charge on any atom is -0.385 e. The van der Waals surface area contributed by atoms with Crippen LogP contribution in [-0.2, 0) is 4.74 Å². The van der Waals surface area contributed by atoms with Crippen molar-refractivity contribution in [3.8, 4) is 0 Å². The zero-order valence-electron chi connectivity index (χ0n) is 13.5. The molecule has 1 aliphatic rings. The highest BCUT2D eigenvalue weighted by Gasteiger charge is 2.39.